The monoisotopic (exact) mass is 512 g/mol. The second-order valence-electron chi connectivity index (χ2n) is 8.46. The van der Waals surface area contributed by atoms with E-state index in [4.69, 9.17) is 10.5 Å². The van der Waals surface area contributed by atoms with Crippen molar-refractivity contribution >= 4 is 38.9 Å². The molecule has 4 aromatic carbocycles. The van der Waals surface area contributed by atoms with Crippen molar-refractivity contribution in [2.75, 3.05) is 10.5 Å². The van der Waals surface area contributed by atoms with Crippen LogP contribution in [0, 0.1) is 6.92 Å². The molecule has 37 heavy (non-hydrogen) atoms. The number of rotatable bonds is 5. The molecular weight excluding hydrogens is 492 g/mol. The molecule has 0 fully saturated rings. The largest absolute Gasteiger partial charge is 0.423 e. The van der Waals surface area contributed by atoms with Crippen LogP contribution in [0.3, 0.4) is 0 Å². The molecule has 0 aromatic heterocycles. The number of para-hydroxylation sites is 1. The maximum Gasteiger partial charge on any atom is 0.345 e. The van der Waals surface area contributed by atoms with Gasteiger partial charge < -0.3 is 10.5 Å². The number of benzene rings is 4. The Bertz CT molecular complexity index is 1700. The lowest BCUT2D eigenvalue weighted by Gasteiger charge is -2.23. The van der Waals surface area contributed by atoms with Crippen molar-refractivity contribution in [3.05, 3.63) is 118 Å². The molecule has 0 unspecified atom stereocenters. The summed E-state index contributed by atoms with van der Waals surface area (Å²) in [7, 11) is -4.20. The first-order valence-electron chi connectivity index (χ1n) is 11.2. The normalized spacial score (nSPS) is 12.5. The highest BCUT2D eigenvalue weighted by Gasteiger charge is 2.37. The molecule has 1 aliphatic rings. The van der Waals surface area contributed by atoms with Crippen LogP contribution in [0.25, 0.3) is 0 Å². The summed E-state index contributed by atoms with van der Waals surface area (Å²) in [6.45, 7) is 1.81. The lowest BCUT2D eigenvalue weighted by atomic mass is 9.81. The molecule has 0 aliphatic heterocycles. The van der Waals surface area contributed by atoms with Gasteiger partial charge in [-0.05, 0) is 37.3 Å². The fourth-order valence-electron chi connectivity index (χ4n) is 4.14. The highest BCUT2D eigenvalue weighted by Crippen LogP contribution is 2.38. The second-order valence-corrected chi connectivity index (χ2v) is 10.1. The molecule has 0 bridgehead atoms. The Labute approximate surface area is 212 Å². The number of fused-ring (bicyclic) bond motifs is 2. The zero-order valence-corrected chi connectivity index (χ0v) is 20.3. The number of anilines is 2. The summed E-state index contributed by atoms with van der Waals surface area (Å²) in [5.74, 6) is -1.89. The smallest absolute Gasteiger partial charge is 0.345 e. The van der Waals surface area contributed by atoms with Gasteiger partial charge in [0.1, 0.15) is 5.75 Å². The average Bonchev–Trinajstić information content (AvgIpc) is 2.88. The van der Waals surface area contributed by atoms with E-state index in [-0.39, 0.29) is 49.8 Å². The highest BCUT2D eigenvalue weighted by atomic mass is 32.2. The molecule has 0 amide bonds. The van der Waals surface area contributed by atoms with E-state index in [1.54, 1.807) is 54.6 Å². The maximum atomic E-state index is 13.5. The van der Waals surface area contributed by atoms with Crippen LogP contribution in [0.4, 0.5) is 11.4 Å². The van der Waals surface area contributed by atoms with Crippen LogP contribution in [-0.2, 0) is 10.0 Å². The zero-order valence-electron chi connectivity index (χ0n) is 19.5. The third-order valence-corrected chi connectivity index (χ3v) is 7.37. The summed E-state index contributed by atoms with van der Waals surface area (Å²) in [4.78, 5) is 40.0. The fourth-order valence-corrected chi connectivity index (χ4v) is 5.20. The first-order valence-corrected chi connectivity index (χ1v) is 12.7. The lowest BCUT2D eigenvalue weighted by molar-refractivity contribution is 0.0735. The Morgan fingerprint density at radius 2 is 1.38 bits per heavy atom. The topological polar surface area (TPSA) is 133 Å². The van der Waals surface area contributed by atoms with Crippen LogP contribution < -0.4 is 15.2 Å². The number of nitrogen functional groups attached to an aromatic ring is 1. The molecule has 0 radical (unpaired) electrons. The van der Waals surface area contributed by atoms with Gasteiger partial charge in [-0.1, -0.05) is 60.2 Å². The van der Waals surface area contributed by atoms with E-state index in [1.807, 2.05) is 6.92 Å². The van der Waals surface area contributed by atoms with Crippen molar-refractivity contribution in [2.24, 2.45) is 0 Å². The van der Waals surface area contributed by atoms with Crippen molar-refractivity contribution in [3.63, 3.8) is 0 Å². The van der Waals surface area contributed by atoms with Crippen molar-refractivity contribution in [2.45, 2.75) is 11.8 Å². The molecule has 0 saturated heterocycles. The number of hydrogen-bond acceptors (Lipinski definition) is 7. The number of carbonyl (C=O) groups excluding carboxylic acids is 3. The highest BCUT2D eigenvalue weighted by molar-refractivity contribution is 7.92. The lowest BCUT2D eigenvalue weighted by Crippen LogP contribution is -2.27. The van der Waals surface area contributed by atoms with Crippen LogP contribution >= 0.6 is 0 Å². The number of aryl methyl sites for hydroxylation is 1. The predicted octanol–water partition coefficient (Wildman–Crippen LogP) is 4.37. The van der Waals surface area contributed by atoms with Gasteiger partial charge in [0.25, 0.3) is 10.0 Å². The minimum atomic E-state index is -4.20. The van der Waals surface area contributed by atoms with Gasteiger partial charge in [0.15, 0.2) is 11.6 Å². The molecule has 3 N–H and O–H groups in total. The average molecular weight is 513 g/mol. The summed E-state index contributed by atoms with van der Waals surface area (Å²) < 4.78 is 34.3. The van der Waals surface area contributed by atoms with E-state index in [9.17, 15) is 22.8 Å². The molecule has 5 rings (SSSR count). The summed E-state index contributed by atoms with van der Waals surface area (Å²) in [6.07, 6.45) is 0. The van der Waals surface area contributed by atoms with E-state index in [1.165, 1.54) is 24.3 Å². The van der Waals surface area contributed by atoms with Gasteiger partial charge in [-0.3, -0.25) is 14.3 Å². The second kappa shape index (κ2) is 9.03. The van der Waals surface area contributed by atoms with E-state index in [0.717, 1.165) is 11.6 Å². The standard InChI is InChI=1S/C28H20N2O6S/c1-16-11-13-18(14-12-16)37(34,35)30-22-15-21(28(33)36-17-7-3-2-4-8-17)25(29)24-23(22)26(31)19-9-5-6-10-20(19)27(24)32/h2-15,30H,29H2,1H3. The summed E-state index contributed by atoms with van der Waals surface area (Å²) in [5, 5.41) is 0. The molecule has 0 atom stereocenters. The Balaban J connectivity index is 1.69. The summed E-state index contributed by atoms with van der Waals surface area (Å²) >= 11 is 0. The molecule has 4 aromatic rings. The minimum absolute atomic E-state index is 0.0629. The number of hydrogen-bond donors (Lipinski definition) is 2. The molecule has 1 aliphatic carbocycles. The number of ketones is 2. The van der Waals surface area contributed by atoms with E-state index in [2.05, 4.69) is 4.72 Å². The third kappa shape index (κ3) is 4.25. The minimum Gasteiger partial charge on any atom is -0.423 e. The van der Waals surface area contributed by atoms with Crippen LogP contribution in [0.1, 0.15) is 47.8 Å². The van der Waals surface area contributed by atoms with Gasteiger partial charge in [0, 0.05) is 11.1 Å². The predicted molar refractivity (Wildman–Crippen MR) is 138 cm³/mol. The van der Waals surface area contributed by atoms with E-state index < -0.39 is 27.6 Å². The number of ether oxygens (including phenoxy) is 1. The van der Waals surface area contributed by atoms with Crippen molar-refractivity contribution in [1.82, 2.24) is 0 Å². The molecular formula is C28H20N2O6S. The fraction of sp³-hybridized carbons (Fsp3) is 0.0357. The Morgan fingerprint density at radius 3 is 2.00 bits per heavy atom. The Morgan fingerprint density at radius 1 is 0.811 bits per heavy atom. The Kier molecular flexibility index (Phi) is 5.85. The van der Waals surface area contributed by atoms with E-state index >= 15 is 0 Å². The quantitative estimate of drug-likeness (QED) is 0.203. The maximum absolute atomic E-state index is 13.5. The summed E-state index contributed by atoms with van der Waals surface area (Å²) in [6, 6.07) is 21.5. The Hall–Kier alpha value is -4.76. The number of esters is 1. The van der Waals surface area contributed by atoms with Crippen LogP contribution in [0.2, 0.25) is 0 Å². The van der Waals surface area contributed by atoms with Gasteiger partial charge in [0.05, 0.1) is 33.0 Å². The molecule has 8 nitrogen and oxygen atoms in total. The van der Waals surface area contributed by atoms with Crippen LogP contribution in [0.15, 0.2) is 89.8 Å². The van der Waals surface area contributed by atoms with E-state index in [0.29, 0.717) is 0 Å². The first kappa shape index (κ1) is 24.0. The number of nitrogens with two attached hydrogens (primary N) is 1. The van der Waals surface area contributed by atoms with Gasteiger partial charge in [-0.15, -0.1) is 0 Å². The molecule has 184 valence electrons. The SMILES string of the molecule is Cc1ccc(S(=O)(=O)Nc2cc(C(=O)Oc3ccccc3)c(N)c3c2C(=O)c2ccccc2C3=O)cc1. The third-order valence-electron chi connectivity index (χ3n) is 5.99. The summed E-state index contributed by atoms with van der Waals surface area (Å²) in [5.41, 5.74) is 6.07. The van der Waals surface area contributed by atoms with Gasteiger partial charge >= 0.3 is 5.97 Å². The zero-order chi connectivity index (χ0) is 26.3. The van der Waals surface area contributed by atoms with Crippen molar-refractivity contribution in [1.29, 1.82) is 0 Å². The first-order chi connectivity index (χ1) is 17.7. The molecule has 0 spiro atoms. The van der Waals surface area contributed by atoms with Gasteiger partial charge in [0.2, 0.25) is 0 Å². The molecule has 9 heteroatoms. The van der Waals surface area contributed by atoms with Crippen molar-refractivity contribution in [3.8, 4) is 5.75 Å². The number of carbonyl (C=O) groups is 3. The number of nitrogens with one attached hydrogen (secondary N) is 1. The van der Waals surface area contributed by atoms with Crippen molar-refractivity contribution < 1.29 is 27.5 Å². The molecule has 0 saturated carbocycles. The van der Waals surface area contributed by atoms with Gasteiger partial charge in [-0.2, -0.15) is 0 Å². The number of sulfonamides is 1. The van der Waals surface area contributed by atoms with Gasteiger partial charge in [-0.25, -0.2) is 13.2 Å². The van der Waals surface area contributed by atoms with Crippen LogP contribution in [0.5, 0.6) is 5.75 Å². The van der Waals surface area contributed by atoms with Crippen LogP contribution in [-0.4, -0.2) is 26.0 Å². The molecule has 0 heterocycles.